The number of hydrogen-bond donors (Lipinski definition) is 1. The topological polar surface area (TPSA) is 67.4 Å². The van der Waals surface area contributed by atoms with Gasteiger partial charge in [-0.25, -0.2) is 9.97 Å². The van der Waals surface area contributed by atoms with Gasteiger partial charge in [0.2, 0.25) is 5.91 Å². The third kappa shape index (κ3) is 3.54. The third-order valence-corrected chi connectivity index (χ3v) is 5.31. The zero-order valence-electron chi connectivity index (χ0n) is 14.7. The molecule has 6 nitrogen and oxygen atoms in total. The number of ether oxygens (including phenoxy) is 1. The van der Waals surface area contributed by atoms with Gasteiger partial charge >= 0.3 is 0 Å². The molecule has 1 atom stereocenters. The second kappa shape index (κ2) is 7.12. The summed E-state index contributed by atoms with van der Waals surface area (Å²) in [6.45, 7) is 7.22. The molecule has 3 aliphatic rings. The first-order chi connectivity index (χ1) is 12.3. The van der Waals surface area contributed by atoms with Crippen LogP contribution < -0.4 is 5.32 Å². The second-order valence-corrected chi connectivity index (χ2v) is 7.19. The lowest BCUT2D eigenvalue weighted by Gasteiger charge is -2.23. The summed E-state index contributed by atoms with van der Waals surface area (Å²) in [5.41, 5.74) is 2.28. The molecule has 0 spiro atoms. The summed E-state index contributed by atoms with van der Waals surface area (Å²) >= 11 is 0. The lowest BCUT2D eigenvalue weighted by molar-refractivity contribution is -0.135. The number of anilines is 1. The number of fused-ring (bicyclic) bond motifs is 1. The van der Waals surface area contributed by atoms with Crippen molar-refractivity contribution in [3.8, 4) is 0 Å². The van der Waals surface area contributed by atoms with E-state index in [1.165, 1.54) is 18.4 Å². The quantitative estimate of drug-likeness (QED) is 0.828. The molecule has 0 aromatic carbocycles. The van der Waals surface area contributed by atoms with Gasteiger partial charge in [-0.2, -0.15) is 0 Å². The lowest BCUT2D eigenvalue weighted by Crippen LogP contribution is -2.38. The smallest absolute Gasteiger partial charge is 0.228 e. The van der Waals surface area contributed by atoms with E-state index in [1.807, 2.05) is 11.0 Å². The monoisotopic (exact) mass is 342 g/mol. The zero-order chi connectivity index (χ0) is 17.2. The highest BCUT2D eigenvalue weighted by Crippen LogP contribution is 2.39. The Kier molecular flexibility index (Phi) is 4.70. The highest BCUT2D eigenvalue weighted by molar-refractivity contribution is 5.79. The van der Waals surface area contributed by atoms with Crippen molar-refractivity contribution in [2.45, 2.75) is 38.0 Å². The fourth-order valence-corrected chi connectivity index (χ4v) is 3.67. The van der Waals surface area contributed by atoms with Crippen molar-refractivity contribution in [2.75, 3.05) is 38.2 Å². The number of carbonyl (C=O) groups excluding carboxylic acids is 1. The van der Waals surface area contributed by atoms with Crippen LogP contribution in [0.15, 0.2) is 12.7 Å². The molecule has 1 N–H and O–H groups in total. The van der Waals surface area contributed by atoms with E-state index in [-0.39, 0.29) is 11.8 Å². The molecule has 1 amide bonds. The molecule has 134 valence electrons. The number of rotatable bonds is 5. The van der Waals surface area contributed by atoms with Crippen LogP contribution in [0.25, 0.3) is 0 Å². The Morgan fingerprint density at radius 3 is 2.84 bits per heavy atom. The molecular weight excluding hydrogens is 316 g/mol. The maximum absolute atomic E-state index is 12.7. The van der Waals surface area contributed by atoms with Crippen LogP contribution in [0.4, 0.5) is 5.82 Å². The van der Waals surface area contributed by atoms with Gasteiger partial charge in [-0.1, -0.05) is 6.08 Å². The van der Waals surface area contributed by atoms with Gasteiger partial charge in [-0.3, -0.25) is 4.79 Å². The molecule has 25 heavy (non-hydrogen) atoms. The van der Waals surface area contributed by atoms with Crippen molar-refractivity contribution in [3.05, 3.63) is 29.7 Å². The zero-order valence-corrected chi connectivity index (χ0v) is 14.7. The number of hydrogen-bond acceptors (Lipinski definition) is 5. The van der Waals surface area contributed by atoms with Gasteiger partial charge in [0.05, 0.1) is 18.2 Å². The van der Waals surface area contributed by atoms with Gasteiger partial charge < -0.3 is 15.0 Å². The van der Waals surface area contributed by atoms with E-state index >= 15 is 0 Å². The van der Waals surface area contributed by atoms with Crippen LogP contribution in [-0.2, 0) is 22.4 Å². The Hall–Kier alpha value is -1.95. The summed E-state index contributed by atoms with van der Waals surface area (Å²) in [6.07, 6.45) is 6.68. The van der Waals surface area contributed by atoms with Crippen molar-refractivity contribution < 1.29 is 9.53 Å². The number of aromatic nitrogens is 2. The van der Waals surface area contributed by atoms with E-state index in [2.05, 4.69) is 11.9 Å². The summed E-state index contributed by atoms with van der Waals surface area (Å²) in [4.78, 5) is 24.4. The maximum Gasteiger partial charge on any atom is 0.228 e. The first-order valence-corrected chi connectivity index (χ1v) is 9.37. The van der Waals surface area contributed by atoms with Crippen molar-refractivity contribution in [2.24, 2.45) is 5.92 Å². The van der Waals surface area contributed by atoms with E-state index in [4.69, 9.17) is 14.7 Å². The Balaban J connectivity index is 1.54. The Morgan fingerprint density at radius 1 is 1.28 bits per heavy atom. The van der Waals surface area contributed by atoms with Crippen LogP contribution in [0.5, 0.6) is 0 Å². The van der Waals surface area contributed by atoms with Gasteiger partial charge in [-0.15, -0.1) is 6.58 Å². The van der Waals surface area contributed by atoms with Crippen molar-refractivity contribution in [3.63, 3.8) is 0 Å². The van der Waals surface area contributed by atoms with Gasteiger partial charge in [0.15, 0.2) is 0 Å². The maximum atomic E-state index is 12.7. The Labute approximate surface area is 148 Å². The van der Waals surface area contributed by atoms with E-state index in [1.54, 1.807) is 0 Å². The van der Waals surface area contributed by atoms with Crippen LogP contribution in [0.1, 0.15) is 42.3 Å². The number of amides is 1. The molecule has 0 bridgehead atoms. The van der Waals surface area contributed by atoms with Crippen LogP contribution in [0.3, 0.4) is 0 Å². The summed E-state index contributed by atoms with van der Waals surface area (Å²) in [5, 5.41) is 3.38. The molecular formula is C19H26N4O2. The predicted octanol–water partition coefficient (Wildman–Crippen LogP) is 1.92. The van der Waals surface area contributed by atoms with Crippen LogP contribution in [-0.4, -0.2) is 53.6 Å². The number of carbonyl (C=O) groups is 1. The van der Waals surface area contributed by atoms with E-state index in [0.717, 1.165) is 49.7 Å². The highest BCUT2D eigenvalue weighted by atomic mass is 16.5. The minimum Gasteiger partial charge on any atom is -0.381 e. The summed E-state index contributed by atoms with van der Waals surface area (Å²) in [6, 6.07) is 0. The molecule has 3 heterocycles. The molecule has 1 aromatic rings. The normalized spacial score (nSPS) is 23.0. The van der Waals surface area contributed by atoms with E-state index in [9.17, 15) is 4.79 Å². The van der Waals surface area contributed by atoms with Crippen molar-refractivity contribution in [1.82, 2.24) is 14.9 Å². The van der Waals surface area contributed by atoms with Crippen molar-refractivity contribution in [1.29, 1.82) is 0 Å². The van der Waals surface area contributed by atoms with E-state index < -0.39 is 0 Å². The minimum absolute atomic E-state index is 0.0349. The molecule has 1 saturated carbocycles. The third-order valence-electron chi connectivity index (χ3n) is 5.31. The molecule has 0 radical (unpaired) electrons. The van der Waals surface area contributed by atoms with Crippen LogP contribution in [0, 0.1) is 5.92 Å². The molecule has 2 aliphatic heterocycles. The molecule has 1 saturated heterocycles. The average molecular weight is 342 g/mol. The Morgan fingerprint density at radius 2 is 2.12 bits per heavy atom. The fraction of sp³-hybridized carbons (Fsp3) is 0.632. The minimum atomic E-state index is 0.0349. The van der Waals surface area contributed by atoms with Gasteiger partial charge in [0, 0.05) is 44.1 Å². The fourth-order valence-electron chi connectivity index (χ4n) is 3.67. The van der Waals surface area contributed by atoms with Crippen LogP contribution in [0.2, 0.25) is 0 Å². The number of nitrogens with zero attached hydrogens (tertiary/aromatic N) is 3. The summed E-state index contributed by atoms with van der Waals surface area (Å²) < 4.78 is 5.39. The molecule has 0 unspecified atom stereocenters. The molecule has 1 aliphatic carbocycles. The summed E-state index contributed by atoms with van der Waals surface area (Å²) in [7, 11) is 0. The molecule has 4 rings (SSSR count). The lowest BCUT2D eigenvalue weighted by atomic mass is 10.1. The first-order valence-electron chi connectivity index (χ1n) is 9.37. The van der Waals surface area contributed by atoms with Gasteiger partial charge in [0.1, 0.15) is 11.6 Å². The first kappa shape index (κ1) is 16.5. The van der Waals surface area contributed by atoms with Gasteiger partial charge in [-0.05, 0) is 25.7 Å². The second-order valence-electron chi connectivity index (χ2n) is 7.19. The van der Waals surface area contributed by atoms with Gasteiger partial charge in [0.25, 0.3) is 0 Å². The summed E-state index contributed by atoms with van der Waals surface area (Å²) in [5.74, 6) is 2.69. The molecule has 1 aromatic heterocycles. The molecule has 2 fully saturated rings. The van der Waals surface area contributed by atoms with Crippen molar-refractivity contribution >= 4 is 11.7 Å². The SMILES string of the molecule is C=CCNc1nc(C2CC2)nc2c1CCN(C(=O)[C@H]1CCOC1)CC2. The largest absolute Gasteiger partial charge is 0.381 e. The number of nitrogens with one attached hydrogen (secondary N) is 1. The predicted molar refractivity (Wildman–Crippen MR) is 95.6 cm³/mol. The molecule has 6 heteroatoms. The Bertz CT molecular complexity index is 666. The average Bonchev–Trinajstić information content (AvgIpc) is 3.38. The highest BCUT2D eigenvalue weighted by Gasteiger charge is 2.32. The standard InChI is InChI=1S/C19H26N4O2/c1-2-8-20-18-15-5-9-23(19(24)14-7-11-25-12-14)10-6-16(15)21-17(22-18)13-3-4-13/h2,13-14H,1,3-12H2,(H,20,21,22)/t14-/m0/s1. The van der Waals surface area contributed by atoms with E-state index in [0.29, 0.717) is 25.7 Å². The van der Waals surface area contributed by atoms with Crippen LogP contribution >= 0.6 is 0 Å².